The molecule has 1 fully saturated rings. The van der Waals surface area contributed by atoms with Gasteiger partial charge in [-0.25, -0.2) is 4.98 Å². The zero-order valence-corrected chi connectivity index (χ0v) is 17.4. The Morgan fingerprint density at radius 3 is 2.35 bits per heavy atom. The highest BCUT2D eigenvalue weighted by atomic mass is 79.9. The van der Waals surface area contributed by atoms with Crippen LogP contribution in [-0.2, 0) is 0 Å². The number of halogens is 1. The Labute approximate surface area is 163 Å². The highest BCUT2D eigenvalue weighted by Gasteiger charge is 2.27. The minimum absolute atomic E-state index is 0.0579. The first-order chi connectivity index (χ1) is 12.4. The molecule has 0 spiro atoms. The van der Waals surface area contributed by atoms with E-state index >= 15 is 0 Å². The molecule has 1 aliphatic rings. The van der Waals surface area contributed by atoms with E-state index in [1.165, 1.54) is 12.8 Å². The number of aliphatic hydroxyl groups excluding tert-OH is 1. The molecule has 5 nitrogen and oxygen atoms in total. The first-order valence-electron chi connectivity index (χ1n) is 9.17. The van der Waals surface area contributed by atoms with E-state index in [4.69, 9.17) is 0 Å². The predicted molar refractivity (Wildman–Crippen MR) is 110 cm³/mol. The summed E-state index contributed by atoms with van der Waals surface area (Å²) in [6, 6.07) is 6.18. The zero-order valence-electron chi connectivity index (χ0n) is 15.8. The summed E-state index contributed by atoms with van der Waals surface area (Å²) >= 11 is 3.54. The van der Waals surface area contributed by atoms with Gasteiger partial charge in [-0.1, -0.05) is 29.8 Å². The van der Waals surface area contributed by atoms with E-state index in [2.05, 4.69) is 76.4 Å². The molecule has 1 aliphatic carbocycles. The Kier molecular flexibility index (Phi) is 5.82. The molecular weight excluding hydrogens is 392 g/mol. The Balaban J connectivity index is 1.91. The molecule has 26 heavy (non-hydrogen) atoms. The fourth-order valence-corrected chi connectivity index (χ4v) is 3.69. The van der Waals surface area contributed by atoms with E-state index in [1.54, 1.807) is 0 Å². The minimum atomic E-state index is -0.0616. The molecule has 1 atom stereocenters. The molecular formula is C20H27BrN4O. The second-order valence-electron chi connectivity index (χ2n) is 7.49. The van der Waals surface area contributed by atoms with Crippen LogP contribution in [-0.4, -0.2) is 27.7 Å². The molecule has 0 saturated heterocycles. The second-order valence-corrected chi connectivity index (χ2v) is 8.41. The van der Waals surface area contributed by atoms with E-state index in [0.717, 1.165) is 32.8 Å². The number of benzene rings is 1. The summed E-state index contributed by atoms with van der Waals surface area (Å²) in [6.45, 7) is 8.38. The highest BCUT2D eigenvalue weighted by molar-refractivity contribution is 9.10. The molecule has 6 heteroatoms. The van der Waals surface area contributed by atoms with Gasteiger partial charge in [0.1, 0.15) is 5.82 Å². The van der Waals surface area contributed by atoms with Crippen LogP contribution in [0.1, 0.15) is 49.4 Å². The van der Waals surface area contributed by atoms with Crippen LogP contribution >= 0.6 is 15.9 Å². The second kappa shape index (κ2) is 7.92. The van der Waals surface area contributed by atoms with Crippen LogP contribution in [0.25, 0.3) is 0 Å². The van der Waals surface area contributed by atoms with Gasteiger partial charge < -0.3 is 15.7 Å². The molecule has 3 rings (SSSR count). The van der Waals surface area contributed by atoms with E-state index in [1.807, 2.05) is 6.07 Å². The number of aromatic nitrogens is 2. The van der Waals surface area contributed by atoms with Crippen molar-refractivity contribution in [3.8, 4) is 0 Å². The highest BCUT2D eigenvalue weighted by Crippen LogP contribution is 2.40. The van der Waals surface area contributed by atoms with Crippen LogP contribution < -0.4 is 10.6 Å². The SMILES string of the molecule is Cc1cc(Br)cc(C)c1Nc1cc(C2CC2)nc(N[C@@H](CO)C(C)C)n1. The van der Waals surface area contributed by atoms with Crippen LogP contribution in [0.3, 0.4) is 0 Å². The number of hydrogen-bond acceptors (Lipinski definition) is 5. The fraction of sp³-hybridized carbons (Fsp3) is 0.500. The number of anilines is 3. The third-order valence-electron chi connectivity index (χ3n) is 4.81. The minimum Gasteiger partial charge on any atom is -0.394 e. The van der Waals surface area contributed by atoms with Gasteiger partial charge in [-0.2, -0.15) is 4.98 Å². The first kappa shape index (κ1) is 19.1. The van der Waals surface area contributed by atoms with E-state index < -0.39 is 0 Å². The topological polar surface area (TPSA) is 70.1 Å². The standard InChI is InChI=1S/C20H27BrN4O/c1-11(2)17(10-26)23-20-22-16(14-5-6-14)9-18(25-20)24-19-12(3)7-15(21)8-13(19)4/h7-9,11,14,17,26H,5-6,10H2,1-4H3,(H2,22,23,24,25)/t17-/m0/s1. The van der Waals surface area contributed by atoms with Crippen molar-refractivity contribution in [2.24, 2.45) is 5.92 Å². The van der Waals surface area contributed by atoms with Gasteiger partial charge in [0.15, 0.2) is 0 Å². The summed E-state index contributed by atoms with van der Waals surface area (Å²) in [7, 11) is 0. The maximum Gasteiger partial charge on any atom is 0.225 e. The number of nitrogens with one attached hydrogen (secondary N) is 2. The number of aryl methyl sites for hydroxylation is 2. The van der Waals surface area contributed by atoms with Gasteiger partial charge >= 0.3 is 0 Å². The zero-order chi connectivity index (χ0) is 18.8. The number of nitrogens with zero attached hydrogens (tertiary/aromatic N) is 2. The molecule has 140 valence electrons. The van der Waals surface area contributed by atoms with Crippen molar-refractivity contribution < 1.29 is 5.11 Å². The lowest BCUT2D eigenvalue weighted by atomic mass is 10.1. The molecule has 1 aromatic heterocycles. The van der Waals surface area contributed by atoms with Crippen LogP contribution in [0.4, 0.5) is 17.5 Å². The van der Waals surface area contributed by atoms with Crippen molar-refractivity contribution in [3.63, 3.8) is 0 Å². The summed E-state index contributed by atoms with van der Waals surface area (Å²) in [5.74, 6) is 2.19. The van der Waals surface area contributed by atoms with Gasteiger partial charge in [0, 0.05) is 22.1 Å². The molecule has 1 heterocycles. The molecule has 1 aromatic carbocycles. The lowest BCUT2D eigenvalue weighted by Crippen LogP contribution is -2.30. The monoisotopic (exact) mass is 418 g/mol. The van der Waals surface area contributed by atoms with Crippen LogP contribution in [0.5, 0.6) is 0 Å². The summed E-state index contributed by atoms with van der Waals surface area (Å²) in [6.07, 6.45) is 2.36. The summed E-state index contributed by atoms with van der Waals surface area (Å²) in [4.78, 5) is 9.34. The molecule has 0 radical (unpaired) electrons. The van der Waals surface area contributed by atoms with Crippen molar-refractivity contribution in [3.05, 3.63) is 39.5 Å². The lowest BCUT2D eigenvalue weighted by Gasteiger charge is -2.21. The van der Waals surface area contributed by atoms with Gasteiger partial charge in [-0.05, 0) is 55.9 Å². The molecule has 0 bridgehead atoms. The van der Waals surface area contributed by atoms with Crippen molar-refractivity contribution in [2.75, 3.05) is 17.2 Å². The van der Waals surface area contributed by atoms with Crippen LogP contribution in [0, 0.1) is 19.8 Å². The van der Waals surface area contributed by atoms with Gasteiger partial charge in [0.25, 0.3) is 0 Å². The average molecular weight is 419 g/mol. The Bertz CT molecular complexity index is 766. The fourth-order valence-electron chi connectivity index (χ4n) is 3.01. The van der Waals surface area contributed by atoms with Crippen LogP contribution in [0.2, 0.25) is 0 Å². The molecule has 0 aliphatic heterocycles. The summed E-state index contributed by atoms with van der Waals surface area (Å²) < 4.78 is 1.07. The third-order valence-corrected chi connectivity index (χ3v) is 5.27. The van der Waals surface area contributed by atoms with Gasteiger partial charge in [-0.15, -0.1) is 0 Å². The van der Waals surface area contributed by atoms with E-state index in [0.29, 0.717) is 17.8 Å². The predicted octanol–water partition coefficient (Wildman–Crippen LogP) is 4.91. The van der Waals surface area contributed by atoms with Gasteiger partial charge in [-0.3, -0.25) is 0 Å². The Morgan fingerprint density at radius 1 is 1.15 bits per heavy atom. The van der Waals surface area contributed by atoms with Crippen molar-refractivity contribution >= 4 is 33.4 Å². The first-order valence-corrected chi connectivity index (χ1v) is 9.96. The Hall–Kier alpha value is -1.66. The van der Waals surface area contributed by atoms with Gasteiger partial charge in [0.05, 0.1) is 18.3 Å². The molecule has 0 unspecified atom stereocenters. The normalized spacial score (nSPS) is 15.2. The van der Waals surface area contributed by atoms with E-state index in [-0.39, 0.29) is 12.6 Å². The maximum absolute atomic E-state index is 9.61. The van der Waals surface area contributed by atoms with Crippen molar-refractivity contribution in [1.82, 2.24) is 9.97 Å². The number of rotatable bonds is 7. The number of aliphatic hydroxyl groups is 1. The third kappa shape index (κ3) is 4.54. The molecule has 2 aromatic rings. The lowest BCUT2D eigenvalue weighted by molar-refractivity contribution is 0.248. The van der Waals surface area contributed by atoms with Crippen LogP contribution in [0.15, 0.2) is 22.7 Å². The molecule has 0 amide bonds. The molecule has 3 N–H and O–H groups in total. The summed E-state index contributed by atoms with van der Waals surface area (Å²) in [5, 5.41) is 16.4. The molecule has 1 saturated carbocycles. The quantitative estimate of drug-likeness (QED) is 0.595. The smallest absolute Gasteiger partial charge is 0.225 e. The number of hydrogen-bond donors (Lipinski definition) is 3. The Morgan fingerprint density at radius 2 is 1.81 bits per heavy atom. The van der Waals surface area contributed by atoms with E-state index in [9.17, 15) is 5.11 Å². The maximum atomic E-state index is 9.61. The van der Waals surface area contributed by atoms with Crippen molar-refractivity contribution in [2.45, 2.75) is 52.5 Å². The van der Waals surface area contributed by atoms with Gasteiger partial charge in [0.2, 0.25) is 5.95 Å². The largest absolute Gasteiger partial charge is 0.394 e. The van der Waals surface area contributed by atoms with Crippen molar-refractivity contribution in [1.29, 1.82) is 0 Å². The summed E-state index contributed by atoms with van der Waals surface area (Å²) in [5.41, 5.74) is 4.46. The average Bonchev–Trinajstić information content (AvgIpc) is 3.40.